The normalized spacial score (nSPS) is 13.1. The average molecular weight is 554 g/mol. The predicted molar refractivity (Wildman–Crippen MR) is 181 cm³/mol. The lowest BCUT2D eigenvalue weighted by Gasteiger charge is -2.28. The Morgan fingerprint density at radius 3 is 1.71 bits per heavy atom. The summed E-state index contributed by atoms with van der Waals surface area (Å²) >= 11 is 0. The van der Waals surface area contributed by atoms with Gasteiger partial charge < -0.3 is 10.1 Å². The van der Waals surface area contributed by atoms with Crippen LogP contribution < -0.4 is 10.1 Å². The minimum absolute atomic E-state index is 0.0361. The van der Waals surface area contributed by atoms with E-state index in [0.29, 0.717) is 0 Å². The molecule has 0 unspecified atom stereocenters. The van der Waals surface area contributed by atoms with Gasteiger partial charge in [0.25, 0.3) is 0 Å². The number of rotatable bonds is 3. The average Bonchev–Trinajstić information content (AvgIpc) is 2.92. The largest absolute Gasteiger partial charge is 0.455 e. The van der Waals surface area contributed by atoms with E-state index >= 15 is 0 Å². The number of ether oxygens (including phenoxy) is 1. The molecule has 0 radical (unpaired) electrons. The summed E-state index contributed by atoms with van der Waals surface area (Å²) in [6.07, 6.45) is 0. The topological polar surface area (TPSA) is 21.3 Å². The van der Waals surface area contributed by atoms with E-state index in [9.17, 15) is 0 Å². The molecule has 1 N–H and O–H groups in total. The van der Waals surface area contributed by atoms with Gasteiger partial charge in [0.15, 0.2) is 0 Å². The van der Waals surface area contributed by atoms with Crippen molar-refractivity contribution in [2.45, 2.75) is 78.6 Å². The Kier molecular flexibility index (Phi) is 6.53. The molecule has 0 aromatic heterocycles. The molecule has 0 atom stereocenters. The second-order valence-electron chi connectivity index (χ2n) is 14.9. The number of hydrogen-bond donors (Lipinski definition) is 1. The second-order valence-corrected chi connectivity index (χ2v) is 14.9. The Bertz CT molecular complexity index is 1770. The minimum atomic E-state index is 0.0361. The predicted octanol–water partition coefficient (Wildman–Crippen LogP) is 11.9. The zero-order chi connectivity index (χ0) is 30.0. The molecule has 2 nitrogen and oxygen atoms in total. The van der Waals surface area contributed by atoms with Gasteiger partial charge in [-0.15, -0.1) is 0 Å². The van der Waals surface area contributed by atoms with Crippen molar-refractivity contribution >= 4 is 22.1 Å². The maximum Gasteiger partial charge on any atom is 0.143 e. The molecule has 214 valence electrons. The van der Waals surface area contributed by atoms with Crippen molar-refractivity contribution < 1.29 is 4.74 Å². The number of fused-ring (bicyclic) bond motifs is 2. The lowest BCUT2D eigenvalue weighted by atomic mass is 9.78. The first-order valence-electron chi connectivity index (χ1n) is 15.1. The van der Waals surface area contributed by atoms with Crippen LogP contribution >= 0.6 is 0 Å². The van der Waals surface area contributed by atoms with Crippen LogP contribution in [0.15, 0.2) is 91.0 Å². The third-order valence-electron chi connectivity index (χ3n) is 8.50. The van der Waals surface area contributed by atoms with Gasteiger partial charge in [0.05, 0.1) is 0 Å². The van der Waals surface area contributed by atoms with Crippen LogP contribution in [0.4, 0.5) is 11.4 Å². The highest BCUT2D eigenvalue weighted by atomic mass is 16.5. The molecule has 1 aliphatic heterocycles. The summed E-state index contributed by atoms with van der Waals surface area (Å²) in [6, 6.07) is 33.3. The molecule has 0 fully saturated rings. The van der Waals surface area contributed by atoms with Gasteiger partial charge in [0.2, 0.25) is 0 Å². The maximum absolute atomic E-state index is 6.89. The van der Waals surface area contributed by atoms with Gasteiger partial charge in [-0.2, -0.15) is 0 Å². The van der Waals surface area contributed by atoms with E-state index in [1.54, 1.807) is 0 Å². The molecule has 2 heteroatoms. The van der Waals surface area contributed by atoms with Gasteiger partial charge in [0.1, 0.15) is 11.5 Å². The summed E-state index contributed by atoms with van der Waals surface area (Å²) in [6.45, 7) is 20.5. The SMILES string of the molecule is CC(C)(C)c1ccc(Nc2ccc3c(c2)Oc2c(-c4cc(C(C)(C)C)cc(C(C)(C)C)c4)ccc4cccc-3c24)cc1. The Morgan fingerprint density at radius 2 is 1.10 bits per heavy atom. The molecule has 0 saturated carbocycles. The van der Waals surface area contributed by atoms with Crippen molar-refractivity contribution in [3.05, 3.63) is 108 Å². The molecule has 6 rings (SSSR count). The molecule has 0 spiro atoms. The maximum atomic E-state index is 6.89. The van der Waals surface area contributed by atoms with Gasteiger partial charge in [-0.3, -0.25) is 0 Å². The van der Waals surface area contributed by atoms with Gasteiger partial charge in [-0.1, -0.05) is 117 Å². The smallest absolute Gasteiger partial charge is 0.143 e. The molecule has 0 amide bonds. The fourth-order valence-electron chi connectivity index (χ4n) is 5.79. The van der Waals surface area contributed by atoms with Crippen LogP contribution in [0.1, 0.15) is 79.0 Å². The van der Waals surface area contributed by atoms with Crippen molar-refractivity contribution in [2.24, 2.45) is 0 Å². The first-order valence-corrected chi connectivity index (χ1v) is 15.1. The Hall–Kier alpha value is -4.04. The monoisotopic (exact) mass is 553 g/mol. The van der Waals surface area contributed by atoms with Crippen molar-refractivity contribution in [1.82, 2.24) is 0 Å². The first kappa shape index (κ1) is 28.1. The molecular weight excluding hydrogens is 510 g/mol. The van der Waals surface area contributed by atoms with Crippen LogP contribution in [-0.2, 0) is 16.2 Å². The number of nitrogens with one attached hydrogen (secondary N) is 1. The standard InChI is InChI=1S/C40H43NO/c1-38(2,3)27-14-16-30(17-15-27)41-31-18-20-33-34-12-10-11-25-13-19-32(37(36(25)34)42-35(33)24-31)26-21-28(39(4,5)6)23-29(22-26)40(7,8)9/h10-24,41H,1-9H3. The first-order chi connectivity index (χ1) is 19.7. The molecule has 1 aliphatic rings. The summed E-state index contributed by atoms with van der Waals surface area (Å²) in [5.74, 6) is 1.81. The fraction of sp³-hybridized carbons (Fsp3) is 0.300. The van der Waals surface area contributed by atoms with E-state index in [1.807, 2.05) is 0 Å². The zero-order valence-electron chi connectivity index (χ0n) is 26.6. The number of anilines is 2. The Balaban J connectivity index is 1.46. The zero-order valence-corrected chi connectivity index (χ0v) is 26.6. The number of hydrogen-bond acceptors (Lipinski definition) is 2. The second kappa shape index (κ2) is 9.76. The van der Waals surface area contributed by atoms with Crippen LogP contribution in [0, 0.1) is 0 Å². The van der Waals surface area contributed by atoms with E-state index in [2.05, 4.69) is 159 Å². The van der Waals surface area contributed by atoms with Crippen LogP contribution in [0.2, 0.25) is 0 Å². The molecular formula is C40H43NO. The van der Waals surface area contributed by atoms with Crippen molar-refractivity contribution in [2.75, 3.05) is 5.32 Å². The van der Waals surface area contributed by atoms with Crippen LogP contribution in [0.25, 0.3) is 33.0 Å². The van der Waals surface area contributed by atoms with Crippen molar-refractivity contribution in [3.8, 4) is 33.8 Å². The van der Waals surface area contributed by atoms with Crippen LogP contribution in [0.5, 0.6) is 11.5 Å². The highest BCUT2D eigenvalue weighted by molar-refractivity contribution is 6.07. The number of benzene rings is 5. The molecule has 42 heavy (non-hydrogen) atoms. The van der Waals surface area contributed by atoms with Gasteiger partial charge in [-0.05, 0) is 79.8 Å². The molecule has 5 aromatic rings. The summed E-state index contributed by atoms with van der Waals surface area (Å²) in [7, 11) is 0. The minimum Gasteiger partial charge on any atom is -0.455 e. The van der Waals surface area contributed by atoms with E-state index in [0.717, 1.165) is 34.0 Å². The van der Waals surface area contributed by atoms with E-state index < -0.39 is 0 Å². The Morgan fingerprint density at radius 1 is 0.500 bits per heavy atom. The highest BCUT2D eigenvalue weighted by Gasteiger charge is 2.26. The van der Waals surface area contributed by atoms with Gasteiger partial charge >= 0.3 is 0 Å². The summed E-state index contributed by atoms with van der Waals surface area (Å²) in [4.78, 5) is 0. The molecule has 0 bridgehead atoms. The molecule has 5 aromatic carbocycles. The summed E-state index contributed by atoms with van der Waals surface area (Å²) in [5, 5.41) is 5.97. The molecule has 1 heterocycles. The third-order valence-corrected chi connectivity index (χ3v) is 8.50. The summed E-state index contributed by atoms with van der Waals surface area (Å²) < 4.78 is 6.89. The van der Waals surface area contributed by atoms with Crippen molar-refractivity contribution in [1.29, 1.82) is 0 Å². The lowest BCUT2D eigenvalue weighted by molar-refractivity contribution is 0.489. The van der Waals surface area contributed by atoms with E-state index in [4.69, 9.17) is 4.74 Å². The quantitative estimate of drug-likeness (QED) is 0.235. The Labute approximate surface area is 251 Å². The molecule has 0 aliphatic carbocycles. The van der Waals surface area contributed by atoms with E-state index in [-0.39, 0.29) is 16.2 Å². The lowest BCUT2D eigenvalue weighted by Crippen LogP contribution is -2.16. The molecule has 0 saturated heterocycles. The van der Waals surface area contributed by atoms with Crippen molar-refractivity contribution in [3.63, 3.8) is 0 Å². The van der Waals surface area contributed by atoms with E-state index in [1.165, 1.54) is 38.6 Å². The van der Waals surface area contributed by atoms with Gasteiger partial charge in [0, 0.05) is 34.0 Å². The van der Waals surface area contributed by atoms with Crippen LogP contribution in [0.3, 0.4) is 0 Å². The van der Waals surface area contributed by atoms with Crippen LogP contribution in [-0.4, -0.2) is 0 Å². The van der Waals surface area contributed by atoms with Gasteiger partial charge in [-0.25, -0.2) is 0 Å². The summed E-state index contributed by atoms with van der Waals surface area (Å²) in [5.41, 5.74) is 11.0. The highest BCUT2D eigenvalue weighted by Crippen LogP contribution is 2.51. The fourth-order valence-corrected chi connectivity index (χ4v) is 5.79. The third kappa shape index (κ3) is 5.20.